The van der Waals surface area contributed by atoms with Crippen LogP contribution in [0, 0.1) is 17.8 Å². The molecule has 2 fully saturated rings. The third-order valence-corrected chi connectivity index (χ3v) is 4.94. The minimum atomic E-state index is 0.869. The van der Waals surface area contributed by atoms with E-state index >= 15 is 0 Å². The zero-order valence-electron chi connectivity index (χ0n) is 8.37. The van der Waals surface area contributed by atoms with E-state index in [0.29, 0.717) is 0 Å². The minimum absolute atomic E-state index is 0.869. The summed E-state index contributed by atoms with van der Waals surface area (Å²) >= 11 is 2.14. The normalized spacial score (nSPS) is 36.7. The second-order valence-corrected chi connectivity index (χ2v) is 5.77. The maximum Gasteiger partial charge on any atom is -0.00461 e. The van der Waals surface area contributed by atoms with Crippen molar-refractivity contribution in [3.63, 3.8) is 0 Å². The van der Waals surface area contributed by atoms with Crippen molar-refractivity contribution in [2.45, 2.75) is 32.1 Å². The summed E-state index contributed by atoms with van der Waals surface area (Å²) in [6, 6.07) is 0. The lowest BCUT2D eigenvalue weighted by atomic mass is 9.80. The third kappa shape index (κ3) is 2.21. The van der Waals surface area contributed by atoms with E-state index < -0.39 is 0 Å². The molecule has 2 unspecified atom stereocenters. The van der Waals surface area contributed by atoms with Gasteiger partial charge >= 0.3 is 0 Å². The van der Waals surface area contributed by atoms with Gasteiger partial charge in [-0.15, -0.1) is 0 Å². The Labute approximate surface area is 85.8 Å². The number of thioether (sulfide) groups is 1. The molecule has 0 aromatic rings. The fourth-order valence-corrected chi connectivity index (χ4v) is 4.27. The zero-order chi connectivity index (χ0) is 9.10. The molecule has 2 aliphatic rings. The average Bonchev–Trinajstić information content (AvgIpc) is 2.67. The van der Waals surface area contributed by atoms with Gasteiger partial charge in [0, 0.05) is 0 Å². The van der Waals surface area contributed by atoms with Crippen molar-refractivity contribution in [3.8, 4) is 0 Å². The van der Waals surface area contributed by atoms with Crippen LogP contribution in [0.15, 0.2) is 0 Å². The molecule has 1 heterocycles. The van der Waals surface area contributed by atoms with Crippen LogP contribution < -0.4 is 5.73 Å². The monoisotopic (exact) mass is 199 g/mol. The number of hydrogen-bond donors (Lipinski definition) is 1. The Hall–Kier alpha value is 0.310. The van der Waals surface area contributed by atoms with Gasteiger partial charge in [0.1, 0.15) is 0 Å². The summed E-state index contributed by atoms with van der Waals surface area (Å²) in [5.41, 5.74) is 5.83. The summed E-state index contributed by atoms with van der Waals surface area (Å²) in [5, 5.41) is 0. The van der Waals surface area contributed by atoms with Crippen molar-refractivity contribution in [2.75, 3.05) is 18.1 Å². The topological polar surface area (TPSA) is 26.0 Å². The molecule has 0 radical (unpaired) electrons. The van der Waals surface area contributed by atoms with Crippen molar-refractivity contribution >= 4 is 11.8 Å². The number of rotatable bonds is 2. The fraction of sp³-hybridized carbons (Fsp3) is 1.00. The molecule has 0 spiro atoms. The summed E-state index contributed by atoms with van der Waals surface area (Å²) in [4.78, 5) is 0. The maximum absolute atomic E-state index is 5.83. The van der Waals surface area contributed by atoms with Crippen molar-refractivity contribution in [2.24, 2.45) is 23.5 Å². The third-order valence-electron chi connectivity index (χ3n) is 3.89. The van der Waals surface area contributed by atoms with Gasteiger partial charge in [-0.2, -0.15) is 11.8 Å². The standard InChI is InChI=1S/C11H21NS/c12-8-10-2-1-3-11(10)9-4-6-13-7-5-9/h9-11H,1-8,12H2. The SMILES string of the molecule is NCC1CCCC1C1CCSCC1. The van der Waals surface area contributed by atoms with Crippen LogP contribution in [-0.4, -0.2) is 18.1 Å². The Morgan fingerprint density at radius 1 is 1.08 bits per heavy atom. The first-order valence-electron chi connectivity index (χ1n) is 5.69. The van der Waals surface area contributed by atoms with Gasteiger partial charge in [0.25, 0.3) is 0 Å². The van der Waals surface area contributed by atoms with E-state index in [-0.39, 0.29) is 0 Å². The Morgan fingerprint density at radius 2 is 1.85 bits per heavy atom. The summed E-state index contributed by atoms with van der Waals surface area (Å²) in [7, 11) is 0. The Kier molecular flexibility index (Phi) is 3.56. The molecular weight excluding hydrogens is 178 g/mol. The van der Waals surface area contributed by atoms with Crippen molar-refractivity contribution < 1.29 is 0 Å². The molecule has 0 aromatic carbocycles. The molecule has 1 aliphatic carbocycles. The second-order valence-electron chi connectivity index (χ2n) is 4.54. The first kappa shape index (κ1) is 9.85. The maximum atomic E-state index is 5.83. The van der Waals surface area contributed by atoms with E-state index in [1.54, 1.807) is 0 Å². The molecule has 2 rings (SSSR count). The number of hydrogen-bond acceptors (Lipinski definition) is 2. The minimum Gasteiger partial charge on any atom is -0.330 e. The summed E-state index contributed by atoms with van der Waals surface area (Å²) in [6.07, 6.45) is 7.25. The molecule has 0 bridgehead atoms. The van der Waals surface area contributed by atoms with Gasteiger partial charge in [-0.1, -0.05) is 6.42 Å². The first-order valence-corrected chi connectivity index (χ1v) is 6.85. The fourth-order valence-electron chi connectivity index (χ4n) is 3.12. The average molecular weight is 199 g/mol. The quantitative estimate of drug-likeness (QED) is 0.739. The zero-order valence-corrected chi connectivity index (χ0v) is 9.19. The van der Waals surface area contributed by atoms with Gasteiger partial charge in [0.05, 0.1) is 0 Å². The molecule has 1 aliphatic heterocycles. The molecule has 13 heavy (non-hydrogen) atoms. The second kappa shape index (κ2) is 4.70. The van der Waals surface area contributed by atoms with Crippen molar-refractivity contribution in [1.29, 1.82) is 0 Å². The Morgan fingerprint density at radius 3 is 2.54 bits per heavy atom. The summed E-state index contributed by atoms with van der Waals surface area (Å²) in [6.45, 7) is 0.939. The molecule has 1 saturated carbocycles. The van der Waals surface area contributed by atoms with Gasteiger partial charge in [0.15, 0.2) is 0 Å². The van der Waals surface area contributed by atoms with E-state index in [4.69, 9.17) is 5.73 Å². The van der Waals surface area contributed by atoms with E-state index in [0.717, 1.165) is 24.3 Å². The molecular formula is C11H21NS. The highest BCUT2D eigenvalue weighted by Gasteiger charge is 2.33. The van der Waals surface area contributed by atoms with Crippen LogP contribution in [0.25, 0.3) is 0 Å². The van der Waals surface area contributed by atoms with Gasteiger partial charge in [-0.3, -0.25) is 0 Å². The molecule has 1 nitrogen and oxygen atoms in total. The van der Waals surface area contributed by atoms with Crippen molar-refractivity contribution in [1.82, 2.24) is 0 Å². The van der Waals surface area contributed by atoms with E-state index in [1.807, 2.05) is 0 Å². The lowest BCUT2D eigenvalue weighted by Crippen LogP contribution is -2.27. The van der Waals surface area contributed by atoms with Crippen LogP contribution >= 0.6 is 11.8 Å². The largest absolute Gasteiger partial charge is 0.330 e. The predicted octanol–water partition coefficient (Wildman–Crippen LogP) is 2.50. The van der Waals surface area contributed by atoms with Crippen molar-refractivity contribution in [3.05, 3.63) is 0 Å². The van der Waals surface area contributed by atoms with E-state index in [1.165, 1.54) is 43.6 Å². The molecule has 2 heteroatoms. The molecule has 1 saturated heterocycles. The lowest BCUT2D eigenvalue weighted by molar-refractivity contribution is 0.250. The Bertz CT molecular complexity index is 154. The highest BCUT2D eigenvalue weighted by atomic mass is 32.2. The van der Waals surface area contributed by atoms with E-state index in [9.17, 15) is 0 Å². The summed E-state index contributed by atoms with van der Waals surface area (Å²) < 4.78 is 0. The lowest BCUT2D eigenvalue weighted by Gasteiger charge is -2.30. The van der Waals surface area contributed by atoms with Crippen LogP contribution in [-0.2, 0) is 0 Å². The molecule has 2 atom stereocenters. The highest BCUT2D eigenvalue weighted by Crippen LogP contribution is 2.41. The Balaban J connectivity index is 1.90. The number of nitrogens with two attached hydrogens (primary N) is 1. The van der Waals surface area contributed by atoms with E-state index in [2.05, 4.69) is 11.8 Å². The van der Waals surface area contributed by atoms with Gasteiger partial charge in [-0.25, -0.2) is 0 Å². The summed E-state index contributed by atoms with van der Waals surface area (Å²) in [5.74, 6) is 5.69. The van der Waals surface area contributed by atoms with Crippen LogP contribution in [0.1, 0.15) is 32.1 Å². The van der Waals surface area contributed by atoms with Gasteiger partial charge in [-0.05, 0) is 61.5 Å². The van der Waals surface area contributed by atoms with Gasteiger partial charge in [0.2, 0.25) is 0 Å². The predicted molar refractivity (Wildman–Crippen MR) is 59.9 cm³/mol. The molecule has 76 valence electrons. The van der Waals surface area contributed by atoms with Crippen LogP contribution in [0.5, 0.6) is 0 Å². The highest BCUT2D eigenvalue weighted by molar-refractivity contribution is 7.99. The van der Waals surface area contributed by atoms with Crippen LogP contribution in [0.3, 0.4) is 0 Å². The smallest absolute Gasteiger partial charge is 0.00461 e. The first-order chi connectivity index (χ1) is 6.42. The van der Waals surface area contributed by atoms with Crippen LogP contribution in [0.2, 0.25) is 0 Å². The van der Waals surface area contributed by atoms with Gasteiger partial charge < -0.3 is 5.73 Å². The van der Waals surface area contributed by atoms with Crippen LogP contribution in [0.4, 0.5) is 0 Å². The molecule has 0 aromatic heterocycles. The molecule has 2 N–H and O–H groups in total. The molecule has 0 amide bonds.